The van der Waals surface area contributed by atoms with E-state index >= 15 is 0 Å². The Bertz CT molecular complexity index is 1020. The van der Waals surface area contributed by atoms with E-state index < -0.39 is 11.5 Å². The maximum Gasteiger partial charge on any atom is 0.411 e. The van der Waals surface area contributed by atoms with Crippen molar-refractivity contribution in [2.45, 2.75) is 45.6 Å². The number of fused-ring (bicyclic) bond motifs is 1. The highest BCUT2D eigenvalue weighted by atomic mass is 16.5. The third kappa shape index (κ3) is 4.32. The number of anilines is 5. The van der Waals surface area contributed by atoms with Crippen LogP contribution in [-0.2, 0) is 9.53 Å². The van der Waals surface area contributed by atoms with E-state index in [0.29, 0.717) is 24.2 Å². The van der Waals surface area contributed by atoms with Gasteiger partial charge in [-0.05, 0) is 44.9 Å². The van der Waals surface area contributed by atoms with Crippen LogP contribution in [0.1, 0.15) is 39.5 Å². The summed E-state index contributed by atoms with van der Waals surface area (Å²) in [5.74, 6) is 1.27. The SMILES string of the molecule is COC(=O)Nc1cccc(Nc2ncc3c(n2)N(C2CCCC2)CC(C)(C)C(=O)N3C)c1. The van der Waals surface area contributed by atoms with Crippen LogP contribution in [0.15, 0.2) is 30.5 Å². The first kappa shape index (κ1) is 21.9. The van der Waals surface area contributed by atoms with Gasteiger partial charge in [0, 0.05) is 31.0 Å². The summed E-state index contributed by atoms with van der Waals surface area (Å²) in [6.45, 7) is 4.60. The van der Waals surface area contributed by atoms with E-state index in [1.54, 1.807) is 30.3 Å². The number of hydrogen-bond acceptors (Lipinski definition) is 7. The zero-order valence-electron chi connectivity index (χ0n) is 19.0. The quantitative estimate of drug-likeness (QED) is 0.740. The van der Waals surface area contributed by atoms with Gasteiger partial charge >= 0.3 is 6.09 Å². The molecule has 9 heteroatoms. The molecule has 4 rings (SSSR count). The second-order valence-electron chi connectivity index (χ2n) is 9.04. The van der Waals surface area contributed by atoms with Gasteiger partial charge in [0.1, 0.15) is 5.69 Å². The maximum atomic E-state index is 13.1. The molecule has 2 aromatic rings. The fourth-order valence-electron chi connectivity index (χ4n) is 4.50. The lowest BCUT2D eigenvalue weighted by Gasteiger charge is -2.34. The summed E-state index contributed by atoms with van der Waals surface area (Å²) in [6, 6.07) is 7.59. The third-order valence-corrected chi connectivity index (χ3v) is 6.15. The smallest absolute Gasteiger partial charge is 0.411 e. The normalized spacial score (nSPS) is 18.2. The molecule has 2 heterocycles. The van der Waals surface area contributed by atoms with Gasteiger partial charge in [-0.3, -0.25) is 10.1 Å². The van der Waals surface area contributed by atoms with Crippen molar-refractivity contribution < 1.29 is 14.3 Å². The third-order valence-electron chi connectivity index (χ3n) is 6.15. The molecule has 0 spiro atoms. The fraction of sp³-hybridized carbons (Fsp3) is 0.478. The summed E-state index contributed by atoms with van der Waals surface area (Å²) >= 11 is 0. The highest BCUT2D eigenvalue weighted by Gasteiger charge is 2.41. The van der Waals surface area contributed by atoms with Crippen molar-refractivity contribution in [1.82, 2.24) is 9.97 Å². The van der Waals surface area contributed by atoms with Crippen molar-refractivity contribution in [1.29, 1.82) is 0 Å². The lowest BCUT2D eigenvalue weighted by Crippen LogP contribution is -2.45. The van der Waals surface area contributed by atoms with Gasteiger partial charge in [-0.25, -0.2) is 9.78 Å². The van der Waals surface area contributed by atoms with Crippen LogP contribution >= 0.6 is 0 Å². The average Bonchev–Trinajstić information content (AvgIpc) is 3.29. The van der Waals surface area contributed by atoms with Crippen LogP contribution in [-0.4, -0.2) is 48.7 Å². The van der Waals surface area contributed by atoms with Crippen LogP contribution in [0, 0.1) is 5.41 Å². The summed E-state index contributed by atoms with van der Waals surface area (Å²) in [5, 5.41) is 5.86. The Kier molecular flexibility index (Phi) is 5.90. The number of benzene rings is 1. The molecule has 0 radical (unpaired) electrons. The van der Waals surface area contributed by atoms with E-state index in [0.717, 1.165) is 30.0 Å². The van der Waals surface area contributed by atoms with E-state index in [-0.39, 0.29) is 5.91 Å². The van der Waals surface area contributed by atoms with Crippen molar-refractivity contribution in [3.8, 4) is 0 Å². The first-order valence-electron chi connectivity index (χ1n) is 10.9. The molecule has 1 aliphatic heterocycles. The number of carbonyl (C=O) groups excluding carboxylic acids is 2. The molecule has 1 aromatic carbocycles. The molecule has 0 bridgehead atoms. The van der Waals surface area contributed by atoms with Gasteiger partial charge < -0.3 is 19.9 Å². The van der Waals surface area contributed by atoms with Crippen molar-refractivity contribution in [3.63, 3.8) is 0 Å². The van der Waals surface area contributed by atoms with E-state index in [2.05, 4.69) is 25.3 Å². The number of methoxy groups -OCH3 is 1. The highest BCUT2D eigenvalue weighted by Crippen LogP contribution is 2.40. The summed E-state index contributed by atoms with van der Waals surface area (Å²) in [4.78, 5) is 37.9. The number of amides is 2. The number of carbonyl (C=O) groups is 2. The molecule has 2 amide bonds. The second-order valence-corrected chi connectivity index (χ2v) is 9.04. The lowest BCUT2D eigenvalue weighted by molar-refractivity contribution is -0.125. The summed E-state index contributed by atoms with van der Waals surface area (Å²) in [5.41, 5.74) is 1.51. The minimum atomic E-state index is -0.536. The van der Waals surface area contributed by atoms with Gasteiger partial charge in [0.05, 0.1) is 18.7 Å². The average molecular weight is 439 g/mol. The van der Waals surface area contributed by atoms with E-state index in [9.17, 15) is 9.59 Å². The molecule has 2 N–H and O–H groups in total. The van der Waals surface area contributed by atoms with Crippen molar-refractivity contribution in [3.05, 3.63) is 30.5 Å². The standard InChI is InChI=1S/C23H30N6O3/c1-23(2)14-29(17-10-5-6-11-17)19-18(28(3)20(23)30)13-24-21(27-19)25-15-8-7-9-16(12-15)26-22(31)32-4/h7-9,12-13,17H,5-6,10-11,14H2,1-4H3,(H,26,31)(H,24,25,27). The minimum Gasteiger partial charge on any atom is -0.453 e. The molecule has 170 valence electrons. The van der Waals surface area contributed by atoms with Crippen LogP contribution in [0.3, 0.4) is 0 Å². The molecule has 0 saturated heterocycles. The molecule has 0 unspecified atom stereocenters. The Labute approximate surface area is 188 Å². The monoisotopic (exact) mass is 438 g/mol. The topological polar surface area (TPSA) is 99.7 Å². The molecule has 1 saturated carbocycles. The van der Waals surface area contributed by atoms with Crippen molar-refractivity contribution in [2.24, 2.45) is 5.41 Å². The Hall–Kier alpha value is -3.36. The molecule has 32 heavy (non-hydrogen) atoms. The number of rotatable bonds is 4. The maximum absolute atomic E-state index is 13.1. The number of nitrogens with one attached hydrogen (secondary N) is 2. The molecular weight excluding hydrogens is 408 g/mol. The molecule has 2 aliphatic rings. The number of nitrogens with zero attached hydrogens (tertiary/aromatic N) is 4. The predicted molar refractivity (Wildman–Crippen MR) is 125 cm³/mol. The first-order chi connectivity index (χ1) is 15.3. The minimum absolute atomic E-state index is 0.0603. The predicted octanol–water partition coefficient (Wildman–Crippen LogP) is 4.15. The Morgan fingerprint density at radius 3 is 2.66 bits per heavy atom. The summed E-state index contributed by atoms with van der Waals surface area (Å²) in [6.07, 6.45) is 5.75. The molecule has 0 atom stereocenters. The largest absolute Gasteiger partial charge is 0.453 e. The molecule has 1 aromatic heterocycles. The van der Waals surface area contributed by atoms with E-state index in [1.807, 2.05) is 26.0 Å². The van der Waals surface area contributed by atoms with E-state index in [4.69, 9.17) is 4.98 Å². The van der Waals surface area contributed by atoms with Crippen molar-refractivity contribution in [2.75, 3.05) is 41.1 Å². The lowest BCUT2D eigenvalue weighted by atomic mass is 9.91. The zero-order valence-corrected chi connectivity index (χ0v) is 19.0. The molecule has 9 nitrogen and oxygen atoms in total. The molecule has 1 fully saturated rings. The van der Waals surface area contributed by atoms with Gasteiger partial charge in [-0.2, -0.15) is 4.98 Å². The van der Waals surface area contributed by atoms with Gasteiger partial charge in [-0.1, -0.05) is 18.9 Å². The number of aromatic nitrogens is 2. The molecular formula is C23H30N6O3. The first-order valence-corrected chi connectivity index (χ1v) is 10.9. The summed E-state index contributed by atoms with van der Waals surface area (Å²) in [7, 11) is 3.11. The van der Waals surface area contributed by atoms with Gasteiger partial charge in [0.2, 0.25) is 11.9 Å². The second kappa shape index (κ2) is 8.64. The fourth-order valence-corrected chi connectivity index (χ4v) is 4.50. The van der Waals surface area contributed by atoms with Crippen LogP contribution in [0.4, 0.5) is 33.6 Å². The highest BCUT2D eigenvalue weighted by molar-refractivity contribution is 6.00. The van der Waals surface area contributed by atoms with Crippen LogP contribution in [0.25, 0.3) is 0 Å². The van der Waals surface area contributed by atoms with Gasteiger partial charge in [0.15, 0.2) is 5.82 Å². The Morgan fingerprint density at radius 1 is 1.22 bits per heavy atom. The summed E-state index contributed by atoms with van der Waals surface area (Å²) < 4.78 is 4.65. The van der Waals surface area contributed by atoms with Gasteiger partial charge in [-0.15, -0.1) is 0 Å². The number of hydrogen-bond donors (Lipinski definition) is 2. The Balaban J connectivity index is 1.67. The van der Waals surface area contributed by atoms with Crippen LogP contribution in [0.2, 0.25) is 0 Å². The van der Waals surface area contributed by atoms with Crippen LogP contribution in [0.5, 0.6) is 0 Å². The Morgan fingerprint density at radius 2 is 1.94 bits per heavy atom. The zero-order chi connectivity index (χ0) is 22.9. The van der Waals surface area contributed by atoms with Crippen molar-refractivity contribution >= 4 is 40.8 Å². The van der Waals surface area contributed by atoms with Crippen LogP contribution < -0.4 is 20.4 Å². The molecule has 1 aliphatic carbocycles. The number of ether oxygens (including phenoxy) is 1. The van der Waals surface area contributed by atoms with E-state index in [1.165, 1.54) is 20.0 Å². The van der Waals surface area contributed by atoms with Gasteiger partial charge in [0.25, 0.3) is 0 Å².